The minimum Gasteiger partial charge on any atom is -0.324 e. The van der Waals surface area contributed by atoms with E-state index in [0.29, 0.717) is 0 Å². The van der Waals surface area contributed by atoms with Crippen molar-refractivity contribution < 1.29 is 4.79 Å². The summed E-state index contributed by atoms with van der Waals surface area (Å²) >= 11 is 4.45. The standard InChI is InChI=1S/C12H15NOS/c1-12(2,15)13-8-7-9-5-3-4-6-10(9)11(13)14/h3-6,15H,7-8H2,1-2H3. The van der Waals surface area contributed by atoms with Gasteiger partial charge in [-0.2, -0.15) is 12.6 Å². The fourth-order valence-corrected chi connectivity index (χ4v) is 2.14. The van der Waals surface area contributed by atoms with E-state index in [1.54, 1.807) is 0 Å². The molecular weight excluding hydrogens is 206 g/mol. The number of nitrogens with zero attached hydrogens (tertiary/aromatic N) is 1. The lowest BCUT2D eigenvalue weighted by molar-refractivity contribution is 0.0659. The van der Waals surface area contributed by atoms with E-state index in [2.05, 4.69) is 12.6 Å². The van der Waals surface area contributed by atoms with Gasteiger partial charge in [-0.15, -0.1) is 0 Å². The minimum absolute atomic E-state index is 0.0943. The lowest BCUT2D eigenvalue weighted by atomic mass is 9.98. The van der Waals surface area contributed by atoms with E-state index in [9.17, 15) is 4.79 Å². The number of fused-ring (bicyclic) bond motifs is 1. The monoisotopic (exact) mass is 221 g/mol. The van der Waals surface area contributed by atoms with E-state index in [0.717, 1.165) is 24.1 Å². The van der Waals surface area contributed by atoms with Crippen LogP contribution in [0.5, 0.6) is 0 Å². The van der Waals surface area contributed by atoms with E-state index in [4.69, 9.17) is 0 Å². The van der Waals surface area contributed by atoms with E-state index < -0.39 is 0 Å². The highest BCUT2D eigenvalue weighted by atomic mass is 32.1. The van der Waals surface area contributed by atoms with Gasteiger partial charge in [0, 0.05) is 12.1 Å². The van der Waals surface area contributed by atoms with Crippen LogP contribution in [0.25, 0.3) is 0 Å². The Morgan fingerprint density at radius 1 is 1.33 bits per heavy atom. The first-order valence-corrected chi connectivity index (χ1v) is 5.57. The predicted octanol–water partition coefficient (Wildman–Crippen LogP) is 2.35. The molecular formula is C12H15NOS. The van der Waals surface area contributed by atoms with Crippen LogP contribution >= 0.6 is 12.6 Å². The molecule has 0 fully saturated rings. The smallest absolute Gasteiger partial charge is 0.255 e. The Bertz CT molecular complexity index is 395. The third-order valence-corrected chi connectivity index (χ3v) is 3.00. The average molecular weight is 221 g/mol. The van der Waals surface area contributed by atoms with Gasteiger partial charge in [-0.05, 0) is 31.9 Å². The highest BCUT2D eigenvalue weighted by Gasteiger charge is 2.32. The Morgan fingerprint density at radius 3 is 2.67 bits per heavy atom. The van der Waals surface area contributed by atoms with Gasteiger partial charge in [-0.1, -0.05) is 18.2 Å². The van der Waals surface area contributed by atoms with Crippen molar-refractivity contribution in [1.82, 2.24) is 4.90 Å². The summed E-state index contributed by atoms with van der Waals surface area (Å²) in [6.07, 6.45) is 0.923. The molecule has 0 unspecified atom stereocenters. The van der Waals surface area contributed by atoms with Crippen LogP contribution in [0.1, 0.15) is 29.8 Å². The predicted molar refractivity (Wildman–Crippen MR) is 64.2 cm³/mol. The normalized spacial score (nSPS) is 16.5. The second kappa shape index (κ2) is 3.56. The van der Waals surface area contributed by atoms with Crippen molar-refractivity contribution in [1.29, 1.82) is 0 Å². The molecule has 0 saturated carbocycles. The molecule has 1 aromatic rings. The van der Waals surface area contributed by atoms with E-state index >= 15 is 0 Å². The maximum Gasteiger partial charge on any atom is 0.255 e. The molecule has 0 saturated heterocycles. The molecule has 80 valence electrons. The van der Waals surface area contributed by atoms with Gasteiger partial charge >= 0.3 is 0 Å². The highest BCUT2D eigenvalue weighted by Crippen LogP contribution is 2.27. The van der Waals surface area contributed by atoms with E-state index in [1.165, 1.54) is 0 Å². The van der Waals surface area contributed by atoms with Gasteiger partial charge in [-0.3, -0.25) is 4.79 Å². The lowest BCUT2D eigenvalue weighted by Gasteiger charge is -2.38. The Balaban J connectivity index is 2.38. The Morgan fingerprint density at radius 2 is 2.00 bits per heavy atom. The van der Waals surface area contributed by atoms with Crippen molar-refractivity contribution in [2.24, 2.45) is 0 Å². The van der Waals surface area contributed by atoms with Gasteiger partial charge in [0.2, 0.25) is 0 Å². The van der Waals surface area contributed by atoms with Crippen LogP contribution in [-0.4, -0.2) is 22.2 Å². The maximum atomic E-state index is 12.1. The number of rotatable bonds is 1. The molecule has 0 radical (unpaired) electrons. The van der Waals surface area contributed by atoms with Crippen molar-refractivity contribution in [3.05, 3.63) is 35.4 Å². The van der Waals surface area contributed by atoms with Gasteiger partial charge in [-0.25, -0.2) is 0 Å². The van der Waals surface area contributed by atoms with Crippen molar-refractivity contribution in [3.8, 4) is 0 Å². The molecule has 0 N–H and O–H groups in total. The maximum absolute atomic E-state index is 12.1. The molecule has 2 rings (SSSR count). The number of amides is 1. The van der Waals surface area contributed by atoms with Crippen LogP contribution in [0.4, 0.5) is 0 Å². The molecule has 0 aliphatic carbocycles. The Hall–Kier alpha value is -0.960. The number of hydrogen-bond donors (Lipinski definition) is 1. The molecule has 0 bridgehead atoms. The summed E-state index contributed by atoms with van der Waals surface area (Å²) in [4.78, 5) is 13.6. The fourth-order valence-electron chi connectivity index (χ4n) is 1.95. The molecule has 0 spiro atoms. The van der Waals surface area contributed by atoms with Crippen LogP contribution in [0.2, 0.25) is 0 Å². The Labute approximate surface area is 95.7 Å². The van der Waals surface area contributed by atoms with E-state index in [1.807, 2.05) is 43.0 Å². The molecule has 15 heavy (non-hydrogen) atoms. The first-order chi connectivity index (χ1) is 7.00. The second-order valence-electron chi connectivity index (χ2n) is 4.36. The summed E-state index contributed by atoms with van der Waals surface area (Å²) in [6, 6.07) is 7.80. The van der Waals surface area contributed by atoms with Gasteiger partial charge in [0.25, 0.3) is 5.91 Å². The molecule has 0 aromatic heterocycles. The third kappa shape index (κ3) is 1.88. The van der Waals surface area contributed by atoms with Gasteiger partial charge in [0.05, 0.1) is 4.87 Å². The number of carbonyl (C=O) groups is 1. The zero-order valence-corrected chi connectivity index (χ0v) is 9.92. The summed E-state index contributed by atoms with van der Waals surface area (Å²) < 4.78 is 0. The van der Waals surface area contributed by atoms with E-state index in [-0.39, 0.29) is 10.8 Å². The molecule has 1 amide bonds. The number of carbonyl (C=O) groups excluding carboxylic acids is 1. The molecule has 1 aliphatic heterocycles. The minimum atomic E-state index is -0.384. The summed E-state index contributed by atoms with van der Waals surface area (Å²) in [5.74, 6) is 0.0943. The van der Waals surface area contributed by atoms with Crippen LogP contribution in [0.15, 0.2) is 24.3 Å². The molecule has 2 nitrogen and oxygen atoms in total. The van der Waals surface area contributed by atoms with Gasteiger partial charge in [0.1, 0.15) is 0 Å². The van der Waals surface area contributed by atoms with Crippen LogP contribution < -0.4 is 0 Å². The largest absolute Gasteiger partial charge is 0.324 e. The topological polar surface area (TPSA) is 20.3 Å². The van der Waals surface area contributed by atoms with Crippen LogP contribution in [0.3, 0.4) is 0 Å². The van der Waals surface area contributed by atoms with Crippen LogP contribution in [0, 0.1) is 0 Å². The first kappa shape index (κ1) is 10.6. The van der Waals surface area contributed by atoms with Crippen molar-refractivity contribution >= 4 is 18.5 Å². The fraction of sp³-hybridized carbons (Fsp3) is 0.417. The SMILES string of the molecule is CC(C)(S)N1CCc2ccccc2C1=O. The molecule has 1 heterocycles. The molecule has 3 heteroatoms. The van der Waals surface area contributed by atoms with Gasteiger partial charge in [0.15, 0.2) is 0 Å². The summed E-state index contributed by atoms with van der Waals surface area (Å²) in [7, 11) is 0. The Kier molecular flexibility index (Phi) is 2.51. The first-order valence-electron chi connectivity index (χ1n) is 5.12. The number of hydrogen-bond acceptors (Lipinski definition) is 2. The second-order valence-corrected chi connectivity index (χ2v) is 5.45. The average Bonchev–Trinajstić information content (AvgIpc) is 2.16. The van der Waals surface area contributed by atoms with Crippen LogP contribution in [-0.2, 0) is 6.42 Å². The quantitative estimate of drug-likeness (QED) is 0.722. The summed E-state index contributed by atoms with van der Waals surface area (Å²) in [5, 5.41) is 0. The number of benzene rings is 1. The zero-order valence-electron chi connectivity index (χ0n) is 9.03. The van der Waals surface area contributed by atoms with Crippen molar-refractivity contribution in [3.63, 3.8) is 0 Å². The molecule has 1 aromatic carbocycles. The third-order valence-electron chi connectivity index (χ3n) is 2.76. The van der Waals surface area contributed by atoms with Crippen molar-refractivity contribution in [2.75, 3.05) is 6.54 Å². The summed E-state index contributed by atoms with van der Waals surface area (Å²) in [5.41, 5.74) is 1.97. The number of thiol groups is 1. The molecule has 0 atom stereocenters. The summed E-state index contributed by atoms with van der Waals surface area (Å²) in [6.45, 7) is 4.65. The lowest BCUT2D eigenvalue weighted by Crippen LogP contribution is -2.47. The van der Waals surface area contributed by atoms with Gasteiger partial charge < -0.3 is 4.90 Å². The van der Waals surface area contributed by atoms with Crippen molar-refractivity contribution in [2.45, 2.75) is 25.1 Å². The zero-order chi connectivity index (χ0) is 11.1. The molecule has 1 aliphatic rings. The highest BCUT2D eigenvalue weighted by molar-refractivity contribution is 7.81.